The molecule has 19 heavy (non-hydrogen) atoms. The summed E-state index contributed by atoms with van der Waals surface area (Å²) in [7, 11) is 0. The Morgan fingerprint density at radius 2 is 1.84 bits per heavy atom. The molecule has 0 spiro atoms. The Labute approximate surface area is 112 Å². The highest BCUT2D eigenvalue weighted by molar-refractivity contribution is 5.44. The van der Waals surface area contributed by atoms with Crippen molar-refractivity contribution < 1.29 is 14.3 Å². The lowest BCUT2D eigenvalue weighted by molar-refractivity contribution is -0.120. The molecule has 5 heteroatoms. The Balaban J connectivity index is 0.000000153. The third-order valence-electron chi connectivity index (χ3n) is 2.05. The monoisotopic (exact) mass is 262 g/mol. The van der Waals surface area contributed by atoms with Crippen LogP contribution in [-0.4, -0.2) is 31.3 Å². The molecule has 0 atom stereocenters. The van der Waals surface area contributed by atoms with Crippen LogP contribution in [0.2, 0.25) is 0 Å². The molecule has 2 N–H and O–H groups in total. The van der Waals surface area contributed by atoms with Gasteiger partial charge in [-0.15, -0.1) is 0 Å². The molecule has 3 rings (SSSR count). The Hall–Kier alpha value is -2.11. The molecule has 1 aromatic carbocycles. The Bertz CT molecular complexity index is 375. The Morgan fingerprint density at radius 1 is 1.11 bits per heavy atom. The third-order valence-corrected chi connectivity index (χ3v) is 2.05. The summed E-state index contributed by atoms with van der Waals surface area (Å²) in [4.78, 5) is 12.6. The van der Waals surface area contributed by atoms with Gasteiger partial charge in [0.25, 0.3) is 6.47 Å². The third kappa shape index (κ3) is 8.59. The topological polar surface area (TPSA) is 63.4 Å². The first kappa shape index (κ1) is 14.9. The molecular formula is C14H18N2O3. The van der Waals surface area contributed by atoms with Crippen LogP contribution in [0.1, 0.15) is 0 Å². The summed E-state index contributed by atoms with van der Waals surface area (Å²) in [6, 6.07) is 12.8. The van der Waals surface area contributed by atoms with Crippen molar-refractivity contribution in [3.63, 3.8) is 0 Å². The van der Waals surface area contributed by atoms with Gasteiger partial charge in [0.15, 0.2) is 0 Å². The molecule has 0 aliphatic carbocycles. The lowest BCUT2D eigenvalue weighted by atomic mass is 10.3. The molecule has 1 aliphatic rings. The summed E-state index contributed by atoms with van der Waals surface area (Å²) < 4.78 is 9.36. The molecule has 0 unspecified atom stereocenters. The normalized spacial score (nSPS) is 12.4. The van der Waals surface area contributed by atoms with Gasteiger partial charge < -0.3 is 14.5 Å². The fourth-order valence-corrected chi connectivity index (χ4v) is 1.19. The average Bonchev–Trinajstić information content (AvgIpc) is 3.19. The molecule has 5 nitrogen and oxygen atoms in total. The van der Waals surface area contributed by atoms with Gasteiger partial charge in [0, 0.05) is 18.9 Å². The van der Waals surface area contributed by atoms with Crippen LogP contribution in [0.4, 0.5) is 0 Å². The van der Waals surface area contributed by atoms with Crippen LogP contribution in [0, 0.1) is 0 Å². The number of carbonyl (C=O) groups excluding carboxylic acids is 1. The van der Waals surface area contributed by atoms with Crippen LogP contribution < -0.4 is 10.1 Å². The van der Waals surface area contributed by atoms with Gasteiger partial charge in [-0.2, -0.15) is 0 Å². The van der Waals surface area contributed by atoms with Gasteiger partial charge in [-0.25, -0.2) is 0 Å². The van der Waals surface area contributed by atoms with Crippen LogP contribution in [-0.2, 0) is 9.53 Å². The summed E-state index contributed by atoms with van der Waals surface area (Å²) in [5, 5.41) is 3.00. The quantitative estimate of drug-likeness (QED) is 0.810. The maximum atomic E-state index is 9.75. The maximum Gasteiger partial charge on any atom is 0.298 e. The predicted molar refractivity (Wildman–Crippen MR) is 72.7 cm³/mol. The highest BCUT2D eigenvalue weighted by Gasteiger charge is 1.92. The van der Waals surface area contributed by atoms with E-state index in [1.165, 1.54) is 0 Å². The van der Waals surface area contributed by atoms with Crippen molar-refractivity contribution in [2.45, 2.75) is 0 Å². The lowest BCUT2D eigenvalue weighted by Crippen LogP contribution is -2.05. The summed E-state index contributed by atoms with van der Waals surface area (Å²) in [6.07, 6.45) is 3.75. The summed E-state index contributed by atoms with van der Waals surface area (Å²) >= 11 is 0. The standard InChI is InChI=1S/C7H6O2.C4H5N.C3H7NO/c8-6-9-7-4-2-1-3-5-7;1-2-4-5-3-1;1-2-5-3-4-1/h1-6H;1-5H;4H,1-3H2. The van der Waals surface area contributed by atoms with Crippen molar-refractivity contribution in [3.8, 4) is 5.75 Å². The van der Waals surface area contributed by atoms with Gasteiger partial charge in [0.2, 0.25) is 0 Å². The second-order valence-corrected chi connectivity index (χ2v) is 3.46. The predicted octanol–water partition coefficient (Wildman–Crippen LogP) is 1.80. The minimum atomic E-state index is 0.412. The highest BCUT2D eigenvalue weighted by atomic mass is 16.5. The number of carbonyl (C=O) groups is 1. The maximum absolute atomic E-state index is 9.75. The highest BCUT2D eigenvalue weighted by Crippen LogP contribution is 2.05. The molecule has 0 bridgehead atoms. The number of rotatable bonds is 2. The van der Waals surface area contributed by atoms with Crippen molar-refractivity contribution in [1.82, 2.24) is 10.3 Å². The minimum absolute atomic E-state index is 0.412. The van der Waals surface area contributed by atoms with E-state index in [1.807, 2.05) is 30.6 Å². The molecule has 0 radical (unpaired) electrons. The Kier molecular flexibility index (Phi) is 8.66. The van der Waals surface area contributed by atoms with E-state index in [9.17, 15) is 4.79 Å². The van der Waals surface area contributed by atoms with Crippen molar-refractivity contribution in [3.05, 3.63) is 54.9 Å². The summed E-state index contributed by atoms with van der Waals surface area (Å²) in [5.41, 5.74) is 0. The number of hydrogen-bond acceptors (Lipinski definition) is 4. The van der Waals surface area contributed by atoms with E-state index in [-0.39, 0.29) is 0 Å². The SMILES string of the molecule is C1COCN1.O=COc1ccccc1.c1cc[nH]c1. The zero-order chi connectivity index (χ0) is 13.6. The van der Waals surface area contributed by atoms with Crippen molar-refractivity contribution in [2.75, 3.05) is 19.9 Å². The smallest absolute Gasteiger partial charge is 0.298 e. The van der Waals surface area contributed by atoms with Gasteiger partial charge in [0.1, 0.15) is 5.75 Å². The molecule has 0 amide bonds. The van der Waals surface area contributed by atoms with Crippen molar-refractivity contribution in [2.24, 2.45) is 0 Å². The first-order chi connectivity index (χ1) is 9.43. The van der Waals surface area contributed by atoms with E-state index >= 15 is 0 Å². The van der Waals surface area contributed by atoms with Gasteiger partial charge in [0.05, 0.1) is 13.3 Å². The van der Waals surface area contributed by atoms with Gasteiger partial charge in [-0.3, -0.25) is 10.1 Å². The molecular weight excluding hydrogens is 244 g/mol. The molecule has 1 saturated heterocycles. The molecule has 0 saturated carbocycles. The lowest BCUT2D eigenvalue weighted by Gasteiger charge is -1.92. The largest absolute Gasteiger partial charge is 0.429 e. The van der Waals surface area contributed by atoms with E-state index < -0.39 is 0 Å². The molecule has 1 aliphatic heterocycles. The van der Waals surface area contributed by atoms with E-state index in [1.54, 1.807) is 24.3 Å². The number of hydrogen-bond donors (Lipinski definition) is 2. The second-order valence-electron chi connectivity index (χ2n) is 3.46. The van der Waals surface area contributed by atoms with E-state index in [0.29, 0.717) is 12.2 Å². The minimum Gasteiger partial charge on any atom is -0.429 e. The number of aromatic amines is 1. The van der Waals surface area contributed by atoms with Crippen LogP contribution >= 0.6 is 0 Å². The van der Waals surface area contributed by atoms with Gasteiger partial charge >= 0.3 is 0 Å². The van der Waals surface area contributed by atoms with E-state index in [0.717, 1.165) is 19.9 Å². The number of H-pyrrole nitrogens is 1. The van der Waals surface area contributed by atoms with Gasteiger partial charge in [-0.1, -0.05) is 18.2 Å². The molecule has 2 aromatic rings. The second kappa shape index (κ2) is 11.0. The molecule has 1 fully saturated rings. The molecule has 2 heterocycles. The summed E-state index contributed by atoms with van der Waals surface area (Å²) in [6.45, 7) is 3.08. The number of ether oxygens (including phenoxy) is 2. The fourth-order valence-electron chi connectivity index (χ4n) is 1.19. The van der Waals surface area contributed by atoms with Crippen LogP contribution in [0.25, 0.3) is 0 Å². The number of aromatic nitrogens is 1. The van der Waals surface area contributed by atoms with Crippen LogP contribution in [0.3, 0.4) is 0 Å². The van der Waals surface area contributed by atoms with E-state index in [2.05, 4.69) is 15.0 Å². The van der Waals surface area contributed by atoms with Crippen molar-refractivity contribution in [1.29, 1.82) is 0 Å². The number of benzene rings is 1. The van der Waals surface area contributed by atoms with Crippen molar-refractivity contribution >= 4 is 6.47 Å². The number of para-hydroxylation sites is 1. The zero-order valence-corrected chi connectivity index (χ0v) is 10.6. The van der Waals surface area contributed by atoms with Crippen LogP contribution in [0.5, 0.6) is 5.75 Å². The molecule has 1 aromatic heterocycles. The molecule has 102 valence electrons. The first-order valence-electron chi connectivity index (χ1n) is 5.95. The zero-order valence-electron chi connectivity index (χ0n) is 10.6. The van der Waals surface area contributed by atoms with Gasteiger partial charge in [-0.05, 0) is 24.3 Å². The van der Waals surface area contributed by atoms with E-state index in [4.69, 9.17) is 4.74 Å². The number of nitrogens with one attached hydrogen (secondary N) is 2. The van der Waals surface area contributed by atoms with Crippen LogP contribution in [0.15, 0.2) is 54.9 Å². The first-order valence-corrected chi connectivity index (χ1v) is 5.95. The average molecular weight is 262 g/mol. The Morgan fingerprint density at radius 3 is 2.21 bits per heavy atom. The summed E-state index contributed by atoms with van der Waals surface area (Å²) in [5.74, 6) is 0.576. The fraction of sp³-hybridized carbons (Fsp3) is 0.214.